The van der Waals surface area contributed by atoms with Crippen molar-refractivity contribution in [3.05, 3.63) is 0 Å². The summed E-state index contributed by atoms with van der Waals surface area (Å²) < 4.78 is 4.93. The van der Waals surface area contributed by atoms with Crippen LogP contribution in [0.2, 0.25) is 0 Å². The lowest BCUT2D eigenvalue weighted by atomic mass is 9.95. The number of hydrogen-bond acceptors (Lipinski definition) is 3. The molecule has 1 N–H and O–H groups in total. The Morgan fingerprint density at radius 1 is 1.35 bits per heavy atom. The van der Waals surface area contributed by atoms with Crippen LogP contribution in [0.25, 0.3) is 0 Å². The van der Waals surface area contributed by atoms with Gasteiger partial charge in [-0.05, 0) is 38.5 Å². The van der Waals surface area contributed by atoms with Gasteiger partial charge in [0.05, 0.1) is 6.61 Å². The largest absolute Gasteiger partial charge is 0.383 e. The van der Waals surface area contributed by atoms with Gasteiger partial charge in [-0.1, -0.05) is 6.92 Å². The zero-order valence-electron chi connectivity index (χ0n) is 12.6. The predicted octanol–water partition coefficient (Wildman–Crippen LogP) is 1.32. The molecule has 20 heavy (non-hydrogen) atoms. The van der Waals surface area contributed by atoms with E-state index in [9.17, 15) is 9.59 Å². The van der Waals surface area contributed by atoms with Crippen molar-refractivity contribution in [3.63, 3.8) is 0 Å². The van der Waals surface area contributed by atoms with E-state index in [1.165, 1.54) is 6.42 Å². The molecule has 1 saturated carbocycles. The van der Waals surface area contributed by atoms with Crippen LogP contribution < -0.4 is 5.32 Å². The second-order valence-corrected chi connectivity index (χ2v) is 5.89. The fraction of sp³-hybridized carbons (Fsp3) is 0.867. The van der Waals surface area contributed by atoms with E-state index in [4.69, 9.17) is 4.74 Å². The maximum absolute atomic E-state index is 12.8. The normalized spacial score (nSPS) is 24.3. The molecule has 5 heteroatoms. The van der Waals surface area contributed by atoms with Crippen LogP contribution in [-0.2, 0) is 14.3 Å². The molecule has 2 aliphatic rings. The highest BCUT2D eigenvalue weighted by Gasteiger charge is 2.58. The maximum atomic E-state index is 12.8. The minimum Gasteiger partial charge on any atom is -0.383 e. The fourth-order valence-electron chi connectivity index (χ4n) is 3.07. The summed E-state index contributed by atoms with van der Waals surface area (Å²) in [5.41, 5.74) is -0.765. The smallest absolute Gasteiger partial charge is 0.238 e. The second-order valence-electron chi connectivity index (χ2n) is 5.89. The third-order valence-corrected chi connectivity index (χ3v) is 4.55. The van der Waals surface area contributed by atoms with Crippen LogP contribution in [0.4, 0.5) is 0 Å². The Hall–Kier alpha value is -1.10. The van der Waals surface area contributed by atoms with E-state index in [2.05, 4.69) is 12.2 Å². The molecule has 0 radical (unpaired) electrons. The molecule has 0 aromatic rings. The van der Waals surface area contributed by atoms with Gasteiger partial charge >= 0.3 is 0 Å². The lowest BCUT2D eigenvalue weighted by Crippen LogP contribution is -2.51. The molecule has 0 aromatic carbocycles. The molecule has 114 valence electrons. The predicted molar refractivity (Wildman–Crippen MR) is 76.2 cm³/mol. The molecule has 1 heterocycles. The van der Waals surface area contributed by atoms with E-state index in [1.54, 1.807) is 7.11 Å². The number of nitrogens with zero attached hydrogens (tertiary/aromatic N) is 1. The first-order valence-electron chi connectivity index (χ1n) is 7.74. The Labute approximate surface area is 121 Å². The van der Waals surface area contributed by atoms with Crippen LogP contribution in [-0.4, -0.2) is 49.6 Å². The van der Waals surface area contributed by atoms with Gasteiger partial charge in [-0.3, -0.25) is 9.59 Å². The Morgan fingerprint density at radius 2 is 2.10 bits per heavy atom. The fourth-order valence-corrected chi connectivity index (χ4v) is 3.07. The average Bonchev–Trinajstić information content (AvgIpc) is 3.28. The summed E-state index contributed by atoms with van der Waals surface area (Å²) in [7, 11) is 1.60. The SMILES string of the molecule is CCC1CCCCN1C(=O)C1(C(=O)NCCOC)CC1. The Morgan fingerprint density at radius 3 is 2.70 bits per heavy atom. The van der Waals surface area contributed by atoms with Crippen LogP contribution in [0.1, 0.15) is 45.4 Å². The molecule has 1 saturated heterocycles. The molecule has 2 rings (SSSR count). The summed E-state index contributed by atoms with van der Waals surface area (Å²) in [6.07, 6.45) is 5.69. The Kier molecular flexibility index (Phi) is 5.02. The molecular formula is C15H26N2O3. The molecule has 2 amide bonds. The van der Waals surface area contributed by atoms with Crippen molar-refractivity contribution in [2.75, 3.05) is 26.8 Å². The highest BCUT2D eigenvalue weighted by molar-refractivity contribution is 6.08. The van der Waals surface area contributed by atoms with Crippen molar-refractivity contribution in [2.24, 2.45) is 5.41 Å². The van der Waals surface area contributed by atoms with Crippen molar-refractivity contribution >= 4 is 11.8 Å². The number of amides is 2. The van der Waals surface area contributed by atoms with Gasteiger partial charge < -0.3 is 15.0 Å². The van der Waals surface area contributed by atoms with E-state index >= 15 is 0 Å². The number of rotatable bonds is 6. The lowest BCUT2D eigenvalue weighted by Gasteiger charge is -2.37. The van der Waals surface area contributed by atoms with E-state index in [0.717, 1.165) is 25.8 Å². The first-order valence-corrected chi connectivity index (χ1v) is 7.74. The van der Waals surface area contributed by atoms with Crippen molar-refractivity contribution in [3.8, 4) is 0 Å². The lowest BCUT2D eigenvalue weighted by molar-refractivity contribution is -0.147. The van der Waals surface area contributed by atoms with Crippen LogP contribution in [0.15, 0.2) is 0 Å². The summed E-state index contributed by atoms with van der Waals surface area (Å²) in [6, 6.07) is 0.320. The van der Waals surface area contributed by atoms with E-state index in [0.29, 0.717) is 32.0 Å². The van der Waals surface area contributed by atoms with Crippen LogP contribution in [0.3, 0.4) is 0 Å². The zero-order chi connectivity index (χ0) is 14.6. The number of nitrogens with one attached hydrogen (secondary N) is 1. The number of methoxy groups -OCH3 is 1. The average molecular weight is 282 g/mol. The van der Waals surface area contributed by atoms with Gasteiger partial charge in [0.2, 0.25) is 11.8 Å². The van der Waals surface area contributed by atoms with Crippen LogP contribution >= 0.6 is 0 Å². The molecule has 1 atom stereocenters. The summed E-state index contributed by atoms with van der Waals surface area (Å²) in [5, 5.41) is 2.83. The van der Waals surface area contributed by atoms with Crippen LogP contribution in [0.5, 0.6) is 0 Å². The summed E-state index contributed by atoms with van der Waals surface area (Å²) >= 11 is 0. The first kappa shape index (κ1) is 15.3. The molecular weight excluding hydrogens is 256 g/mol. The van der Waals surface area contributed by atoms with Crippen LogP contribution in [0, 0.1) is 5.41 Å². The van der Waals surface area contributed by atoms with Gasteiger partial charge in [-0.2, -0.15) is 0 Å². The summed E-state index contributed by atoms with van der Waals surface area (Å²) in [5.74, 6) is -0.0565. The van der Waals surface area contributed by atoms with Gasteiger partial charge in [0.25, 0.3) is 0 Å². The summed E-state index contributed by atoms with van der Waals surface area (Å²) in [4.78, 5) is 27.0. The number of hydrogen-bond donors (Lipinski definition) is 1. The van der Waals surface area contributed by atoms with E-state index < -0.39 is 5.41 Å². The van der Waals surface area contributed by atoms with Crippen molar-refractivity contribution in [1.29, 1.82) is 0 Å². The molecule has 5 nitrogen and oxygen atoms in total. The Balaban J connectivity index is 1.98. The zero-order valence-corrected chi connectivity index (χ0v) is 12.6. The standard InChI is InChI=1S/C15H26N2O3/c1-3-12-6-4-5-10-17(12)14(19)15(7-8-15)13(18)16-9-11-20-2/h12H,3-11H2,1-2H3,(H,16,18). The van der Waals surface area contributed by atoms with Crippen molar-refractivity contribution in [2.45, 2.75) is 51.5 Å². The molecule has 0 bridgehead atoms. The van der Waals surface area contributed by atoms with Crippen molar-refractivity contribution in [1.82, 2.24) is 10.2 Å². The minimum absolute atomic E-state index is 0.0546. The van der Waals surface area contributed by atoms with E-state index in [-0.39, 0.29) is 11.8 Å². The number of carbonyl (C=O) groups is 2. The maximum Gasteiger partial charge on any atom is 0.238 e. The van der Waals surface area contributed by atoms with E-state index in [1.807, 2.05) is 4.90 Å². The first-order chi connectivity index (χ1) is 9.65. The molecule has 0 spiro atoms. The van der Waals surface area contributed by atoms with Crippen molar-refractivity contribution < 1.29 is 14.3 Å². The van der Waals surface area contributed by atoms with Gasteiger partial charge in [0, 0.05) is 26.2 Å². The highest BCUT2D eigenvalue weighted by Crippen LogP contribution is 2.48. The quantitative estimate of drug-likeness (QED) is 0.590. The van der Waals surface area contributed by atoms with Gasteiger partial charge in [0.1, 0.15) is 5.41 Å². The molecule has 2 fully saturated rings. The monoisotopic (exact) mass is 282 g/mol. The molecule has 0 aromatic heterocycles. The number of likely N-dealkylation sites (tertiary alicyclic amines) is 1. The number of piperidine rings is 1. The van der Waals surface area contributed by atoms with Gasteiger partial charge in [-0.15, -0.1) is 0 Å². The number of ether oxygens (including phenoxy) is 1. The Bertz CT molecular complexity index is 366. The topological polar surface area (TPSA) is 58.6 Å². The molecule has 1 aliphatic carbocycles. The molecule has 1 unspecified atom stereocenters. The number of carbonyl (C=O) groups excluding carboxylic acids is 2. The summed E-state index contributed by atoms with van der Waals surface area (Å²) in [6.45, 7) is 3.89. The molecule has 1 aliphatic heterocycles. The highest BCUT2D eigenvalue weighted by atomic mass is 16.5. The van der Waals surface area contributed by atoms with Gasteiger partial charge in [-0.25, -0.2) is 0 Å². The third-order valence-electron chi connectivity index (χ3n) is 4.55. The minimum atomic E-state index is -0.765. The second kappa shape index (κ2) is 6.57. The van der Waals surface area contributed by atoms with Gasteiger partial charge in [0.15, 0.2) is 0 Å². The third kappa shape index (κ3) is 2.97.